The SMILES string of the molecule is CC(CC(N)=O)Nc1cc(F)cc(F)c1[N+](=O)[O-]. The maximum atomic E-state index is 13.3. The predicted octanol–water partition coefficient (Wildman–Crippen LogP) is 1.55. The normalized spacial score (nSPS) is 11.9. The molecule has 1 atom stereocenters. The largest absolute Gasteiger partial charge is 0.376 e. The third-order valence-corrected chi connectivity index (χ3v) is 2.12. The minimum absolute atomic E-state index is 0.116. The number of halogens is 2. The van der Waals surface area contributed by atoms with Gasteiger partial charge in [-0.25, -0.2) is 4.39 Å². The molecule has 0 spiro atoms. The van der Waals surface area contributed by atoms with Crippen LogP contribution in [0.1, 0.15) is 13.3 Å². The molecule has 6 nitrogen and oxygen atoms in total. The summed E-state index contributed by atoms with van der Waals surface area (Å²) in [5.41, 5.74) is 3.75. The van der Waals surface area contributed by atoms with Gasteiger partial charge in [0.05, 0.1) is 4.92 Å². The Morgan fingerprint density at radius 3 is 2.67 bits per heavy atom. The molecule has 0 aliphatic heterocycles. The number of nitro groups is 1. The number of carbonyl (C=O) groups excluding carboxylic acids is 1. The van der Waals surface area contributed by atoms with E-state index >= 15 is 0 Å². The zero-order valence-electron chi connectivity index (χ0n) is 9.44. The molecule has 8 heteroatoms. The molecule has 3 N–H and O–H groups in total. The molecule has 1 aromatic carbocycles. The summed E-state index contributed by atoms with van der Waals surface area (Å²) in [4.78, 5) is 20.4. The van der Waals surface area contributed by atoms with Crippen LogP contribution < -0.4 is 11.1 Å². The molecule has 98 valence electrons. The van der Waals surface area contributed by atoms with Crippen molar-refractivity contribution in [2.24, 2.45) is 5.73 Å². The number of rotatable bonds is 5. The van der Waals surface area contributed by atoms with Gasteiger partial charge in [-0.2, -0.15) is 4.39 Å². The zero-order chi connectivity index (χ0) is 13.9. The minimum atomic E-state index is -1.28. The number of amides is 1. The monoisotopic (exact) mass is 259 g/mol. The van der Waals surface area contributed by atoms with Crippen LogP contribution in [-0.4, -0.2) is 16.9 Å². The number of benzene rings is 1. The van der Waals surface area contributed by atoms with E-state index in [1.165, 1.54) is 6.92 Å². The van der Waals surface area contributed by atoms with Crippen molar-refractivity contribution in [2.45, 2.75) is 19.4 Å². The van der Waals surface area contributed by atoms with E-state index < -0.39 is 34.2 Å². The molecule has 1 rings (SSSR count). The van der Waals surface area contributed by atoms with Gasteiger partial charge in [0.1, 0.15) is 11.5 Å². The lowest BCUT2D eigenvalue weighted by molar-refractivity contribution is -0.386. The number of hydrogen-bond acceptors (Lipinski definition) is 4. The van der Waals surface area contributed by atoms with Gasteiger partial charge >= 0.3 is 5.69 Å². The van der Waals surface area contributed by atoms with E-state index in [4.69, 9.17) is 5.73 Å². The second-order valence-corrected chi connectivity index (χ2v) is 3.76. The van der Waals surface area contributed by atoms with Crippen LogP contribution in [-0.2, 0) is 4.79 Å². The molecule has 1 aromatic rings. The van der Waals surface area contributed by atoms with E-state index in [-0.39, 0.29) is 12.1 Å². The van der Waals surface area contributed by atoms with E-state index in [2.05, 4.69) is 5.32 Å². The number of nitrogens with two attached hydrogens (primary N) is 1. The summed E-state index contributed by atoms with van der Waals surface area (Å²) in [6, 6.07) is 0.628. The molecule has 1 amide bonds. The molecule has 0 aliphatic carbocycles. The van der Waals surface area contributed by atoms with Crippen LogP contribution in [0.5, 0.6) is 0 Å². The van der Waals surface area contributed by atoms with Crippen LogP contribution >= 0.6 is 0 Å². The zero-order valence-corrected chi connectivity index (χ0v) is 9.44. The van der Waals surface area contributed by atoms with E-state index in [1.54, 1.807) is 0 Å². The average molecular weight is 259 g/mol. The standard InChI is InChI=1S/C10H11F2N3O3/c1-5(2-9(13)16)14-8-4-6(11)3-7(12)10(8)15(17)18/h3-5,14H,2H2,1H3,(H2,13,16). The first kappa shape index (κ1) is 13.8. The van der Waals surface area contributed by atoms with Crippen molar-refractivity contribution < 1.29 is 18.5 Å². The fourth-order valence-electron chi connectivity index (χ4n) is 1.48. The summed E-state index contributed by atoms with van der Waals surface area (Å²) in [5.74, 6) is -2.87. The number of nitrogens with zero attached hydrogens (tertiary/aromatic N) is 1. The number of nitro benzene ring substituents is 1. The number of carbonyl (C=O) groups is 1. The molecule has 0 fully saturated rings. The van der Waals surface area contributed by atoms with Crippen LogP contribution in [0.4, 0.5) is 20.2 Å². The first-order chi connectivity index (χ1) is 8.31. The van der Waals surface area contributed by atoms with E-state index in [0.717, 1.165) is 6.07 Å². The van der Waals surface area contributed by atoms with Gasteiger partial charge in [-0.15, -0.1) is 0 Å². The van der Waals surface area contributed by atoms with Crippen LogP contribution in [0.3, 0.4) is 0 Å². The second kappa shape index (κ2) is 5.39. The Labute approximate surface area is 101 Å². The van der Waals surface area contributed by atoms with Gasteiger partial charge in [-0.1, -0.05) is 0 Å². The lowest BCUT2D eigenvalue weighted by Gasteiger charge is -2.13. The fourth-order valence-corrected chi connectivity index (χ4v) is 1.48. The van der Waals surface area contributed by atoms with Crippen molar-refractivity contribution >= 4 is 17.3 Å². The highest BCUT2D eigenvalue weighted by atomic mass is 19.1. The molecule has 0 saturated heterocycles. The summed E-state index contributed by atoms with van der Waals surface area (Å²) < 4.78 is 26.3. The summed E-state index contributed by atoms with van der Waals surface area (Å²) in [6.45, 7) is 1.51. The van der Waals surface area contributed by atoms with Gasteiger partial charge in [0, 0.05) is 24.6 Å². The third kappa shape index (κ3) is 3.37. The quantitative estimate of drug-likeness (QED) is 0.619. The molecule has 0 aromatic heterocycles. The van der Waals surface area contributed by atoms with E-state index in [0.29, 0.717) is 6.07 Å². The Bertz CT molecular complexity index is 494. The molecule has 0 radical (unpaired) electrons. The van der Waals surface area contributed by atoms with Gasteiger partial charge in [0.25, 0.3) is 0 Å². The highest BCUT2D eigenvalue weighted by molar-refractivity contribution is 5.75. The van der Waals surface area contributed by atoms with Gasteiger partial charge in [-0.05, 0) is 6.92 Å². The topological polar surface area (TPSA) is 98.3 Å². The molecular formula is C10H11F2N3O3. The number of primary amides is 1. The highest BCUT2D eigenvalue weighted by Gasteiger charge is 2.23. The van der Waals surface area contributed by atoms with Crippen LogP contribution in [0.15, 0.2) is 12.1 Å². The van der Waals surface area contributed by atoms with Crippen LogP contribution in [0.2, 0.25) is 0 Å². The molecule has 0 aliphatic rings. The molecular weight excluding hydrogens is 248 g/mol. The van der Waals surface area contributed by atoms with E-state index in [1.807, 2.05) is 0 Å². The second-order valence-electron chi connectivity index (χ2n) is 3.76. The molecule has 0 saturated carbocycles. The van der Waals surface area contributed by atoms with Gasteiger partial charge < -0.3 is 11.1 Å². The molecule has 0 heterocycles. The molecule has 0 bridgehead atoms. The predicted molar refractivity (Wildman–Crippen MR) is 59.9 cm³/mol. The lowest BCUT2D eigenvalue weighted by Crippen LogP contribution is -2.24. The Balaban J connectivity index is 3.07. The fraction of sp³-hybridized carbons (Fsp3) is 0.300. The lowest BCUT2D eigenvalue weighted by atomic mass is 10.2. The average Bonchev–Trinajstić information content (AvgIpc) is 2.12. The maximum absolute atomic E-state index is 13.3. The Morgan fingerprint density at radius 2 is 2.17 bits per heavy atom. The summed E-state index contributed by atoms with van der Waals surface area (Å²) >= 11 is 0. The Kier molecular flexibility index (Phi) is 4.13. The number of anilines is 1. The van der Waals surface area contributed by atoms with Crippen LogP contribution in [0.25, 0.3) is 0 Å². The summed E-state index contributed by atoms with van der Waals surface area (Å²) in [6.07, 6.45) is -0.116. The first-order valence-electron chi connectivity index (χ1n) is 4.99. The van der Waals surface area contributed by atoms with Crippen molar-refractivity contribution in [3.8, 4) is 0 Å². The Morgan fingerprint density at radius 1 is 1.56 bits per heavy atom. The van der Waals surface area contributed by atoms with Crippen molar-refractivity contribution in [1.82, 2.24) is 0 Å². The van der Waals surface area contributed by atoms with Crippen LogP contribution in [0, 0.1) is 21.7 Å². The van der Waals surface area contributed by atoms with Gasteiger partial charge in [-0.3, -0.25) is 14.9 Å². The Hall–Kier alpha value is -2.25. The van der Waals surface area contributed by atoms with Crippen molar-refractivity contribution in [3.63, 3.8) is 0 Å². The smallest absolute Gasteiger partial charge is 0.327 e. The summed E-state index contributed by atoms with van der Waals surface area (Å²) in [5, 5.41) is 13.2. The van der Waals surface area contributed by atoms with Crippen molar-refractivity contribution in [3.05, 3.63) is 33.9 Å². The van der Waals surface area contributed by atoms with Crippen molar-refractivity contribution in [1.29, 1.82) is 0 Å². The summed E-state index contributed by atoms with van der Waals surface area (Å²) in [7, 11) is 0. The van der Waals surface area contributed by atoms with Gasteiger partial charge in [0.15, 0.2) is 0 Å². The first-order valence-corrected chi connectivity index (χ1v) is 4.99. The third-order valence-electron chi connectivity index (χ3n) is 2.12. The number of nitrogens with one attached hydrogen (secondary N) is 1. The van der Waals surface area contributed by atoms with Gasteiger partial charge in [0.2, 0.25) is 11.7 Å². The molecule has 1 unspecified atom stereocenters. The van der Waals surface area contributed by atoms with E-state index in [9.17, 15) is 23.7 Å². The number of hydrogen-bond donors (Lipinski definition) is 2. The highest BCUT2D eigenvalue weighted by Crippen LogP contribution is 2.29. The maximum Gasteiger partial charge on any atom is 0.327 e. The van der Waals surface area contributed by atoms with Crippen molar-refractivity contribution in [2.75, 3.05) is 5.32 Å². The minimum Gasteiger partial charge on any atom is -0.376 e. The molecule has 18 heavy (non-hydrogen) atoms.